The van der Waals surface area contributed by atoms with Crippen LogP contribution in [0.1, 0.15) is 22.3 Å². The second kappa shape index (κ2) is 7.92. The maximum Gasteiger partial charge on any atom is 0.256 e. The van der Waals surface area contributed by atoms with Crippen LogP contribution in [-0.4, -0.2) is 47.8 Å². The predicted octanol–water partition coefficient (Wildman–Crippen LogP) is 2.74. The van der Waals surface area contributed by atoms with E-state index < -0.39 is 5.82 Å². The van der Waals surface area contributed by atoms with Gasteiger partial charge in [0.25, 0.3) is 5.91 Å². The number of amides is 2. The average Bonchev–Trinajstić information content (AvgIpc) is 2.89. The van der Waals surface area contributed by atoms with Crippen molar-refractivity contribution >= 4 is 11.8 Å². The average molecular weight is 340 g/mol. The van der Waals surface area contributed by atoms with Gasteiger partial charge in [0.05, 0.1) is 12.0 Å². The van der Waals surface area contributed by atoms with Crippen molar-refractivity contribution in [1.29, 1.82) is 0 Å². The van der Waals surface area contributed by atoms with Crippen LogP contribution in [-0.2, 0) is 11.2 Å². The predicted molar refractivity (Wildman–Crippen MR) is 93.6 cm³/mol. The van der Waals surface area contributed by atoms with E-state index in [4.69, 9.17) is 0 Å². The summed E-state index contributed by atoms with van der Waals surface area (Å²) in [6.07, 6.45) is 1.06. The van der Waals surface area contributed by atoms with Crippen LogP contribution >= 0.6 is 0 Å². The summed E-state index contributed by atoms with van der Waals surface area (Å²) >= 11 is 0. The summed E-state index contributed by atoms with van der Waals surface area (Å²) in [6, 6.07) is 15.6. The van der Waals surface area contributed by atoms with Crippen molar-refractivity contribution in [2.24, 2.45) is 0 Å². The molecule has 0 aliphatic carbocycles. The SMILES string of the molecule is O=C(Cc1ccccc1)N1CCCN(C(=O)c2ccccc2F)CC1. The molecule has 0 spiro atoms. The minimum atomic E-state index is -0.506. The topological polar surface area (TPSA) is 40.6 Å². The first kappa shape index (κ1) is 17.1. The summed E-state index contributed by atoms with van der Waals surface area (Å²) < 4.78 is 13.8. The fourth-order valence-corrected chi connectivity index (χ4v) is 3.06. The van der Waals surface area contributed by atoms with Crippen molar-refractivity contribution in [2.75, 3.05) is 26.2 Å². The van der Waals surface area contributed by atoms with E-state index in [-0.39, 0.29) is 17.4 Å². The molecule has 2 amide bonds. The van der Waals surface area contributed by atoms with E-state index in [0.29, 0.717) is 39.0 Å². The Balaban J connectivity index is 1.61. The van der Waals surface area contributed by atoms with Crippen molar-refractivity contribution in [3.63, 3.8) is 0 Å². The van der Waals surface area contributed by atoms with Gasteiger partial charge in [-0.2, -0.15) is 0 Å². The molecule has 130 valence electrons. The lowest BCUT2D eigenvalue weighted by Crippen LogP contribution is -2.38. The molecule has 5 heteroatoms. The van der Waals surface area contributed by atoms with E-state index in [1.165, 1.54) is 12.1 Å². The van der Waals surface area contributed by atoms with Crippen LogP contribution in [0.4, 0.5) is 4.39 Å². The summed E-state index contributed by atoms with van der Waals surface area (Å²) in [5.74, 6) is -0.754. The van der Waals surface area contributed by atoms with Gasteiger partial charge in [-0.05, 0) is 24.1 Å². The molecule has 0 unspecified atom stereocenters. The standard InChI is InChI=1S/C20H21FN2O2/c21-18-10-5-4-9-17(18)20(25)23-12-6-11-22(13-14-23)19(24)15-16-7-2-1-3-8-16/h1-5,7-10H,6,11-15H2. The van der Waals surface area contributed by atoms with Crippen LogP contribution in [0.15, 0.2) is 54.6 Å². The number of carbonyl (C=O) groups is 2. The van der Waals surface area contributed by atoms with Crippen LogP contribution in [0.2, 0.25) is 0 Å². The first-order valence-electron chi connectivity index (χ1n) is 8.50. The molecule has 3 rings (SSSR count). The van der Waals surface area contributed by atoms with Crippen molar-refractivity contribution in [1.82, 2.24) is 9.80 Å². The third kappa shape index (κ3) is 4.24. The van der Waals surface area contributed by atoms with Crippen molar-refractivity contribution < 1.29 is 14.0 Å². The minimum absolute atomic E-state index is 0.0615. The Morgan fingerprint density at radius 1 is 0.840 bits per heavy atom. The Hall–Kier alpha value is -2.69. The van der Waals surface area contributed by atoms with E-state index >= 15 is 0 Å². The number of rotatable bonds is 3. The van der Waals surface area contributed by atoms with E-state index in [2.05, 4.69) is 0 Å². The quantitative estimate of drug-likeness (QED) is 0.862. The molecule has 2 aromatic carbocycles. The van der Waals surface area contributed by atoms with Gasteiger partial charge in [-0.15, -0.1) is 0 Å². The summed E-state index contributed by atoms with van der Waals surface area (Å²) in [5.41, 5.74) is 1.07. The maximum atomic E-state index is 13.8. The Bertz CT molecular complexity index is 748. The highest BCUT2D eigenvalue weighted by molar-refractivity contribution is 5.94. The smallest absolute Gasteiger partial charge is 0.256 e. The molecule has 0 aromatic heterocycles. The molecule has 0 N–H and O–H groups in total. The number of carbonyl (C=O) groups excluding carboxylic acids is 2. The lowest BCUT2D eigenvalue weighted by atomic mass is 10.1. The molecular weight excluding hydrogens is 319 g/mol. The third-order valence-corrected chi connectivity index (χ3v) is 4.44. The van der Waals surface area contributed by atoms with Crippen molar-refractivity contribution in [3.8, 4) is 0 Å². The zero-order chi connectivity index (χ0) is 17.6. The van der Waals surface area contributed by atoms with Gasteiger partial charge in [0.1, 0.15) is 5.82 Å². The van der Waals surface area contributed by atoms with E-state index in [9.17, 15) is 14.0 Å². The van der Waals surface area contributed by atoms with E-state index in [0.717, 1.165) is 5.56 Å². The Morgan fingerprint density at radius 3 is 2.24 bits per heavy atom. The molecule has 0 atom stereocenters. The number of nitrogens with zero attached hydrogens (tertiary/aromatic N) is 2. The molecule has 0 bridgehead atoms. The number of benzene rings is 2. The lowest BCUT2D eigenvalue weighted by molar-refractivity contribution is -0.130. The normalized spacial score (nSPS) is 14.9. The summed E-state index contributed by atoms with van der Waals surface area (Å²) in [4.78, 5) is 28.4. The highest BCUT2D eigenvalue weighted by atomic mass is 19.1. The zero-order valence-electron chi connectivity index (χ0n) is 14.0. The van der Waals surface area contributed by atoms with Crippen LogP contribution < -0.4 is 0 Å². The van der Waals surface area contributed by atoms with Gasteiger partial charge in [-0.1, -0.05) is 42.5 Å². The summed E-state index contributed by atoms with van der Waals surface area (Å²) in [7, 11) is 0. The van der Waals surface area contributed by atoms with Gasteiger partial charge >= 0.3 is 0 Å². The molecule has 1 heterocycles. The molecule has 2 aromatic rings. The highest BCUT2D eigenvalue weighted by Gasteiger charge is 2.24. The van der Waals surface area contributed by atoms with Crippen molar-refractivity contribution in [2.45, 2.75) is 12.8 Å². The van der Waals surface area contributed by atoms with Gasteiger partial charge in [0.15, 0.2) is 0 Å². The second-order valence-electron chi connectivity index (χ2n) is 6.17. The minimum Gasteiger partial charge on any atom is -0.341 e. The maximum absolute atomic E-state index is 13.8. The van der Waals surface area contributed by atoms with Crippen LogP contribution in [0.25, 0.3) is 0 Å². The van der Waals surface area contributed by atoms with Crippen molar-refractivity contribution in [3.05, 3.63) is 71.5 Å². The summed E-state index contributed by atoms with van der Waals surface area (Å²) in [6.45, 7) is 2.05. The Morgan fingerprint density at radius 2 is 1.48 bits per heavy atom. The first-order valence-corrected chi connectivity index (χ1v) is 8.50. The second-order valence-corrected chi connectivity index (χ2v) is 6.17. The zero-order valence-corrected chi connectivity index (χ0v) is 14.0. The van der Waals surface area contributed by atoms with E-state index in [1.54, 1.807) is 21.9 Å². The molecule has 1 aliphatic heterocycles. The largest absolute Gasteiger partial charge is 0.341 e. The van der Waals surface area contributed by atoms with Gasteiger partial charge in [0.2, 0.25) is 5.91 Å². The monoisotopic (exact) mass is 340 g/mol. The summed E-state index contributed by atoms with van der Waals surface area (Å²) in [5, 5.41) is 0. The van der Waals surface area contributed by atoms with Gasteiger partial charge < -0.3 is 9.80 Å². The molecule has 1 fully saturated rings. The van der Waals surface area contributed by atoms with Crippen LogP contribution in [0.5, 0.6) is 0 Å². The number of halogens is 1. The molecule has 1 aliphatic rings. The third-order valence-electron chi connectivity index (χ3n) is 4.44. The fraction of sp³-hybridized carbons (Fsp3) is 0.300. The Kier molecular flexibility index (Phi) is 5.43. The van der Waals surface area contributed by atoms with Gasteiger partial charge in [-0.3, -0.25) is 9.59 Å². The lowest BCUT2D eigenvalue weighted by Gasteiger charge is -2.22. The highest BCUT2D eigenvalue weighted by Crippen LogP contribution is 2.13. The van der Waals surface area contributed by atoms with E-state index in [1.807, 2.05) is 30.3 Å². The van der Waals surface area contributed by atoms with Gasteiger partial charge in [-0.25, -0.2) is 4.39 Å². The molecule has 0 saturated carbocycles. The fourth-order valence-electron chi connectivity index (χ4n) is 3.06. The molecular formula is C20H21FN2O2. The number of hydrogen-bond acceptors (Lipinski definition) is 2. The molecule has 0 radical (unpaired) electrons. The van der Waals surface area contributed by atoms with Crippen LogP contribution in [0.3, 0.4) is 0 Å². The molecule has 4 nitrogen and oxygen atoms in total. The van der Waals surface area contributed by atoms with Gasteiger partial charge in [0, 0.05) is 26.2 Å². The Labute approximate surface area is 146 Å². The first-order chi connectivity index (χ1) is 12.1. The number of hydrogen-bond donors (Lipinski definition) is 0. The van der Waals surface area contributed by atoms with Crippen LogP contribution in [0, 0.1) is 5.82 Å². The molecule has 1 saturated heterocycles. The molecule has 25 heavy (non-hydrogen) atoms.